The van der Waals surface area contributed by atoms with Crippen molar-refractivity contribution >= 4 is 17.4 Å². The number of ketones is 1. The molecule has 0 spiro atoms. The van der Waals surface area contributed by atoms with Gasteiger partial charge in [-0.1, -0.05) is 6.07 Å². The molecule has 2 heterocycles. The Bertz CT molecular complexity index is 957. The summed E-state index contributed by atoms with van der Waals surface area (Å²) in [5.41, 5.74) is 1.02. The third-order valence-corrected chi connectivity index (χ3v) is 4.83. The maximum absolute atomic E-state index is 12.9. The summed E-state index contributed by atoms with van der Waals surface area (Å²) in [6, 6.07) is 7.55. The van der Waals surface area contributed by atoms with Crippen LogP contribution < -0.4 is 9.47 Å². The molecule has 0 bridgehead atoms. The van der Waals surface area contributed by atoms with Gasteiger partial charge in [0.2, 0.25) is 0 Å². The number of hydrogen-bond acceptors (Lipinski definition) is 7. The third kappa shape index (κ3) is 3.99. The second kappa shape index (κ2) is 9.41. The molecule has 1 unspecified atom stereocenters. The molecule has 1 saturated heterocycles. The lowest BCUT2D eigenvalue weighted by Crippen LogP contribution is -2.32. The fourth-order valence-electron chi connectivity index (χ4n) is 3.44. The van der Waals surface area contributed by atoms with Crippen LogP contribution in [0.25, 0.3) is 5.76 Å². The van der Waals surface area contributed by atoms with Crippen LogP contribution in [-0.4, -0.2) is 60.7 Å². The first-order valence-corrected chi connectivity index (χ1v) is 9.51. The van der Waals surface area contributed by atoms with E-state index in [2.05, 4.69) is 4.98 Å². The Hall–Kier alpha value is -3.39. The molecule has 1 aliphatic rings. The smallest absolute Gasteiger partial charge is 0.295 e. The highest BCUT2D eigenvalue weighted by atomic mass is 16.5. The van der Waals surface area contributed by atoms with E-state index in [1.807, 2.05) is 6.92 Å². The van der Waals surface area contributed by atoms with Crippen LogP contribution in [0.15, 0.2) is 48.3 Å². The van der Waals surface area contributed by atoms with Crippen molar-refractivity contribution in [1.29, 1.82) is 0 Å². The molecule has 1 fully saturated rings. The topological polar surface area (TPSA) is 98.2 Å². The predicted octanol–water partition coefficient (Wildman–Crippen LogP) is 2.56. The number of ether oxygens (including phenoxy) is 3. The van der Waals surface area contributed by atoms with Crippen molar-refractivity contribution in [2.45, 2.75) is 13.0 Å². The van der Waals surface area contributed by atoms with Crippen LogP contribution in [0.2, 0.25) is 0 Å². The number of aromatic nitrogens is 1. The summed E-state index contributed by atoms with van der Waals surface area (Å²) in [5, 5.41) is 10.9. The molecule has 1 N–H and O–H groups in total. The number of carbonyl (C=O) groups excluding carboxylic acids is 2. The van der Waals surface area contributed by atoms with E-state index in [4.69, 9.17) is 14.2 Å². The molecule has 8 nitrogen and oxygen atoms in total. The molecule has 0 aliphatic carbocycles. The number of amides is 1. The first-order valence-electron chi connectivity index (χ1n) is 9.51. The summed E-state index contributed by atoms with van der Waals surface area (Å²) in [7, 11) is 3.03. The Kier molecular flexibility index (Phi) is 6.68. The van der Waals surface area contributed by atoms with Gasteiger partial charge in [-0.05, 0) is 36.8 Å². The van der Waals surface area contributed by atoms with Gasteiger partial charge in [-0.25, -0.2) is 0 Å². The van der Waals surface area contributed by atoms with Gasteiger partial charge in [0.1, 0.15) is 5.76 Å². The number of pyridine rings is 1. The van der Waals surface area contributed by atoms with Gasteiger partial charge in [0.15, 0.2) is 11.5 Å². The zero-order chi connectivity index (χ0) is 21.7. The molecule has 1 amide bonds. The summed E-state index contributed by atoms with van der Waals surface area (Å²) in [5.74, 6) is -0.686. The first-order chi connectivity index (χ1) is 14.5. The number of likely N-dealkylation sites (tertiary alicyclic amines) is 1. The quantitative estimate of drug-likeness (QED) is 0.404. The summed E-state index contributed by atoms with van der Waals surface area (Å²) < 4.78 is 16.1. The molecule has 3 rings (SSSR count). The van der Waals surface area contributed by atoms with Crippen molar-refractivity contribution in [3.05, 3.63) is 59.4 Å². The van der Waals surface area contributed by atoms with Crippen LogP contribution in [-0.2, 0) is 14.3 Å². The average molecular weight is 412 g/mol. The third-order valence-electron chi connectivity index (χ3n) is 4.83. The number of aliphatic hydroxyl groups is 1. The Morgan fingerprint density at radius 1 is 1.13 bits per heavy atom. The minimum atomic E-state index is -0.794. The molecule has 30 heavy (non-hydrogen) atoms. The maximum Gasteiger partial charge on any atom is 0.295 e. The van der Waals surface area contributed by atoms with Crippen molar-refractivity contribution in [1.82, 2.24) is 9.88 Å². The molecule has 1 aromatic carbocycles. The van der Waals surface area contributed by atoms with Gasteiger partial charge in [-0.2, -0.15) is 0 Å². The van der Waals surface area contributed by atoms with Gasteiger partial charge in [0.05, 0.1) is 31.9 Å². The second-order valence-electron chi connectivity index (χ2n) is 6.56. The van der Waals surface area contributed by atoms with Crippen LogP contribution in [0.5, 0.6) is 11.5 Å². The van der Waals surface area contributed by atoms with E-state index in [1.165, 1.54) is 31.5 Å². The number of nitrogens with zero attached hydrogens (tertiary/aromatic N) is 2. The molecule has 158 valence electrons. The van der Waals surface area contributed by atoms with Gasteiger partial charge >= 0.3 is 0 Å². The largest absolute Gasteiger partial charge is 0.507 e. The van der Waals surface area contributed by atoms with E-state index in [1.54, 1.807) is 30.3 Å². The fourth-order valence-corrected chi connectivity index (χ4v) is 3.44. The van der Waals surface area contributed by atoms with E-state index >= 15 is 0 Å². The number of rotatable bonds is 8. The highest BCUT2D eigenvalue weighted by Crippen LogP contribution is 2.41. The van der Waals surface area contributed by atoms with Crippen molar-refractivity contribution in [3.63, 3.8) is 0 Å². The highest BCUT2D eigenvalue weighted by molar-refractivity contribution is 6.46. The maximum atomic E-state index is 12.9. The predicted molar refractivity (Wildman–Crippen MR) is 109 cm³/mol. The van der Waals surface area contributed by atoms with Crippen LogP contribution in [0.3, 0.4) is 0 Å². The van der Waals surface area contributed by atoms with Crippen LogP contribution in [0, 0.1) is 0 Å². The standard InChI is InChI=1S/C22H24N2O6/c1-4-30-16-6-5-15(13-17(16)29-3)19-18(20(25)14-7-9-23-10-8-14)21(26)22(27)24(19)11-12-28-2/h5-10,13,19,25H,4,11-12H2,1-3H3/b20-18-. The van der Waals surface area contributed by atoms with Gasteiger partial charge < -0.3 is 24.2 Å². The van der Waals surface area contributed by atoms with Gasteiger partial charge in [0, 0.05) is 31.6 Å². The van der Waals surface area contributed by atoms with E-state index in [0.29, 0.717) is 29.2 Å². The Morgan fingerprint density at radius 3 is 2.50 bits per heavy atom. The van der Waals surface area contributed by atoms with E-state index in [-0.39, 0.29) is 24.5 Å². The van der Waals surface area contributed by atoms with Crippen molar-refractivity contribution in [2.24, 2.45) is 0 Å². The molecule has 1 aromatic heterocycles. The Morgan fingerprint density at radius 2 is 1.87 bits per heavy atom. The van der Waals surface area contributed by atoms with Gasteiger partial charge in [0.25, 0.3) is 11.7 Å². The van der Waals surface area contributed by atoms with Crippen LogP contribution in [0.1, 0.15) is 24.1 Å². The van der Waals surface area contributed by atoms with Gasteiger partial charge in [-0.3, -0.25) is 14.6 Å². The normalized spacial score (nSPS) is 18.0. The number of methoxy groups -OCH3 is 2. The molecule has 8 heteroatoms. The SMILES string of the molecule is CCOc1ccc(C2/C(=C(/O)c3ccncc3)C(=O)C(=O)N2CCOC)cc1OC. The number of benzene rings is 1. The van der Waals surface area contributed by atoms with E-state index in [9.17, 15) is 14.7 Å². The monoisotopic (exact) mass is 412 g/mol. The molecular formula is C22H24N2O6. The van der Waals surface area contributed by atoms with Gasteiger partial charge in [-0.15, -0.1) is 0 Å². The number of carbonyl (C=O) groups is 2. The number of hydrogen-bond donors (Lipinski definition) is 1. The molecule has 1 atom stereocenters. The minimum absolute atomic E-state index is 0.00789. The highest BCUT2D eigenvalue weighted by Gasteiger charge is 2.46. The molecule has 1 aliphatic heterocycles. The Labute approximate surface area is 174 Å². The van der Waals surface area contributed by atoms with Crippen molar-refractivity contribution < 1.29 is 28.9 Å². The summed E-state index contributed by atoms with van der Waals surface area (Å²) in [4.78, 5) is 31.0. The minimum Gasteiger partial charge on any atom is -0.507 e. The fraction of sp³-hybridized carbons (Fsp3) is 0.318. The van der Waals surface area contributed by atoms with Crippen LogP contribution in [0.4, 0.5) is 0 Å². The second-order valence-corrected chi connectivity index (χ2v) is 6.56. The number of Topliss-reactive ketones (excluding diaryl/α,β-unsaturated/α-hetero) is 1. The molecule has 0 saturated carbocycles. The molecular weight excluding hydrogens is 388 g/mol. The first kappa shape index (κ1) is 21.3. The lowest BCUT2D eigenvalue weighted by Gasteiger charge is -2.25. The van der Waals surface area contributed by atoms with Crippen molar-refractivity contribution in [2.75, 3.05) is 34.0 Å². The summed E-state index contributed by atoms with van der Waals surface area (Å²) >= 11 is 0. The average Bonchev–Trinajstić information content (AvgIpc) is 3.03. The molecule has 0 radical (unpaired) electrons. The van der Waals surface area contributed by atoms with E-state index < -0.39 is 17.7 Å². The van der Waals surface area contributed by atoms with Crippen molar-refractivity contribution in [3.8, 4) is 11.5 Å². The number of aliphatic hydroxyl groups excluding tert-OH is 1. The zero-order valence-corrected chi connectivity index (χ0v) is 17.1. The lowest BCUT2D eigenvalue weighted by molar-refractivity contribution is -0.140. The lowest BCUT2D eigenvalue weighted by atomic mass is 9.95. The van der Waals surface area contributed by atoms with Crippen LogP contribution >= 0.6 is 0 Å². The zero-order valence-electron chi connectivity index (χ0n) is 17.1. The Balaban J connectivity index is 2.16. The van der Waals surface area contributed by atoms with E-state index in [0.717, 1.165) is 0 Å². The molecule has 2 aromatic rings. The summed E-state index contributed by atoms with van der Waals surface area (Å²) in [6.45, 7) is 2.76. The summed E-state index contributed by atoms with van der Waals surface area (Å²) in [6.07, 6.45) is 3.01.